The van der Waals surface area contributed by atoms with E-state index < -0.39 is 0 Å². The molecule has 17 heavy (non-hydrogen) atoms. The van der Waals surface area contributed by atoms with Crippen molar-refractivity contribution in [2.24, 2.45) is 0 Å². The molecular weight excluding hydrogens is 214 g/mol. The summed E-state index contributed by atoms with van der Waals surface area (Å²) in [5.74, 6) is 1.59. The van der Waals surface area contributed by atoms with E-state index in [9.17, 15) is 0 Å². The van der Waals surface area contributed by atoms with Crippen LogP contribution in [0.15, 0.2) is 18.2 Å². The molecule has 0 amide bonds. The van der Waals surface area contributed by atoms with Gasteiger partial charge in [0, 0.05) is 23.9 Å². The van der Waals surface area contributed by atoms with E-state index in [1.165, 1.54) is 0 Å². The van der Waals surface area contributed by atoms with Crippen LogP contribution in [0.2, 0.25) is 0 Å². The van der Waals surface area contributed by atoms with Crippen LogP contribution in [0.1, 0.15) is 39.5 Å². The van der Waals surface area contributed by atoms with Crippen molar-refractivity contribution in [1.29, 1.82) is 0 Å². The summed E-state index contributed by atoms with van der Waals surface area (Å²) in [7, 11) is 0. The molecular formula is C14H23NO2. The Kier molecular flexibility index (Phi) is 6.30. The number of hydrogen-bond donors (Lipinski definition) is 1. The third-order valence-corrected chi connectivity index (χ3v) is 2.44. The highest BCUT2D eigenvalue weighted by molar-refractivity contribution is 5.50. The van der Waals surface area contributed by atoms with E-state index in [1.54, 1.807) is 0 Å². The summed E-state index contributed by atoms with van der Waals surface area (Å²) in [5, 5.41) is 0. The highest BCUT2D eigenvalue weighted by atomic mass is 16.5. The van der Waals surface area contributed by atoms with Gasteiger partial charge in [0.05, 0.1) is 13.2 Å². The van der Waals surface area contributed by atoms with E-state index in [1.807, 2.05) is 18.2 Å². The lowest BCUT2D eigenvalue weighted by Crippen LogP contribution is -2.00. The molecule has 0 fully saturated rings. The summed E-state index contributed by atoms with van der Waals surface area (Å²) < 4.78 is 11.2. The van der Waals surface area contributed by atoms with Gasteiger partial charge in [-0.2, -0.15) is 0 Å². The molecule has 0 bridgehead atoms. The van der Waals surface area contributed by atoms with E-state index in [4.69, 9.17) is 15.2 Å². The molecule has 1 aromatic rings. The zero-order valence-corrected chi connectivity index (χ0v) is 10.9. The Labute approximate surface area is 104 Å². The summed E-state index contributed by atoms with van der Waals surface area (Å²) >= 11 is 0. The van der Waals surface area contributed by atoms with Crippen LogP contribution in [-0.4, -0.2) is 13.2 Å². The number of anilines is 1. The van der Waals surface area contributed by atoms with Gasteiger partial charge < -0.3 is 15.2 Å². The Morgan fingerprint density at radius 2 is 1.35 bits per heavy atom. The van der Waals surface area contributed by atoms with Crippen LogP contribution >= 0.6 is 0 Å². The first kappa shape index (κ1) is 13.7. The fourth-order valence-electron chi connectivity index (χ4n) is 1.43. The van der Waals surface area contributed by atoms with Crippen molar-refractivity contribution in [1.82, 2.24) is 0 Å². The Morgan fingerprint density at radius 1 is 0.882 bits per heavy atom. The van der Waals surface area contributed by atoms with Crippen LogP contribution in [0.25, 0.3) is 0 Å². The lowest BCUT2D eigenvalue weighted by Gasteiger charge is -2.10. The van der Waals surface area contributed by atoms with Crippen molar-refractivity contribution in [3.63, 3.8) is 0 Å². The fourth-order valence-corrected chi connectivity index (χ4v) is 1.43. The fraction of sp³-hybridized carbons (Fsp3) is 0.571. The minimum Gasteiger partial charge on any atom is -0.493 e. The summed E-state index contributed by atoms with van der Waals surface area (Å²) in [6.07, 6.45) is 4.37. The Balaban J connectivity index is 2.53. The Morgan fingerprint density at radius 3 is 1.76 bits per heavy atom. The first-order valence-corrected chi connectivity index (χ1v) is 6.42. The molecule has 96 valence electrons. The van der Waals surface area contributed by atoms with Gasteiger partial charge in [-0.15, -0.1) is 0 Å². The van der Waals surface area contributed by atoms with Gasteiger partial charge >= 0.3 is 0 Å². The normalized spacial score (nSPS) is 10.2. The molecule has 0 aliphatic rings. The van der Waals surface area contributed by atoms with E-state index in [0.717, 1.165) is 50.4 Å². The monoisotopic (exact) mass is 237 g/mol. The molecule has 1 rings (SSSR count). The van der Waals surface area contributed by atoms with Crippen LogP contribution in [0.4, 0.5) is 5.69 Å². The molecule has 0 atom stereocenters. The highest BCUT2D eigenvalue weighted by Crippen LogP contribution is 2.24. The molecule has 0 spiro atoms. The second kappa shape index (κ2) is 7.82. The first-order valence-electron chi connectivity index (χ1n) is 6.42. The summed E-state index contributed by atoms with van der Waals surface area (Å²) in [6, 6.07) is 5.58. The van der Waals surface area contributed by atoms with Gasteiger partial charge in [-0.05, 0) is 12.8 Å². The standard InChI is InChI=1S/C14H23NO2/c1-3-5-7-16-13-9-12(15)10-14(11-13)17-8-6-4-2/h9-11H,3-8,15H2,1-2H3. The maximum atomic E-state index is 5.81. The average molecular weight is 237 g/mol. The second-order valence-corrected chi connectivity index (χ2v) is 4.14. The number of hydrogen-bond acceptors (Lipinski definition) is 3. The molecule has 0 aliphatic heterocycles. The number of nitrogen functional groups attached to an aromatic ring is 1. The Bertz CT molecular complexity index is 298. The molecule has 0 saturated heterocycles. The van der Waals surface area contributed by atoms with Crippen LogP contribution in [0.3, 0.4) is 0 Å². The molecule has 0 aromatic heterocycles. The third-order valence-electron chi connectivity index (χ3n) is 2.44. The minimum atomic E-state index is 0.686. The maximum Gasteiger partial charge on any atom is 0.125 e. The van der Waals surface area contributed by atoms with Crippen LogP contribution < -0.4 is 15.2 Å². The predicted molar refractivity (Wildman–Crippen MR) is 71.7 cm³/mol. The smallest absolute Gasteiger partial charge is 0.125 e. The number of ether oxygens (including phenoxy) is 2. The van der Waals surface area contributed by atoms with Crippen LogP contribution in [0.5, 0.6) is 11.5 Å². The molecule has 3 heteroatoms. The topological polar surface area (TPSA) is 44.5 Å². The van der Waals surface area contributed by atoms with Crippen molar-refractivity contribution < 1.29 is 9.47 Å². The molecule has 2 N–H and O–H groups in total. The zero-order chi connectivity index (χ0) is 12.5. The molecule has 1 aromatic carbocycles. The van der Waals surface area contributed by atoms with Gasteiger partial charge in [0.15, 0.2) is 0 Å². The van der Waals surface area contributed by atoms with Gasteiger partial charge in [0.25, 0.3) is 0 Å². The van der Waals surface area contributed by atoms with Crippen molar-refractivity contribution >= 4 is 5.69 Å². The minimum absolute atomic E-state index is 0.686. The van der Waals surface area contributed by atoms with E-state index in [2.05, 4.69) is 13.8 Å². The molecule has 0 heterocycles. The van der Waals surface area contributed by atoms with E-state index in [0.29, 0.717) is 5.69 Å². The van der Waals surface area contributed by atoms with Crippen LogP contribution in [-0.2, 0) is 0 Å². The Hall–Kier alpha value is -1.38. The van der Waals surface area contributed by atoms with E-state index >= 15 is 0 Å². The highest BCUT2D eigenvalue weighted by Gasteiger charge is 2.01. The third kappa shape index (κ3) is 5.48. The second-order valence-electron chi connectivity index (χ2n) is 4.14. The zero-order valence-electron chi connectivity index (χ0n) is 10.9. The van der Waals surface area contributed by atoms with E-state index in [-0.39, 0.29) is 0 Å². The lowest BCUT2D eigenvalue weighted by molar-refractivity contribution is 0.294. The first-order chi connectivity index (χ1) is 8.26. The van der Waals surface area contributed by atoms with Gasteiger partial charge in [-0.25, -0.2) is 0 Å². The summed E-state index contributed by atoms with van der Waals surface area (Å²) in [5.41, 5.74) is 6.49. The largest absolute Gasteiger partial charge is 0.493 e. The number of nitrogens with two attached hydrogens (primary N) is 1. The van der Waals surface area contributed by atoms with Crippen molar-refractivity contribution in [3.05, 3.63) is 18.2 Å². The number of rotatable bonds is 8. The average Bonchev–Trinajstić information content (AvgIpc) is 2.29. The van der Waals surface area contributed by atoms with Gasteiger partial charge in [-0.1, -0.05) is 26.7 Å². The van der Waals surface area contributed by atoms with Gasteiger partial charge in [0.1, 0.15) is 11.5 Å². The van der Waals surface area contributed by atoms with Crippen molar-refractivity contribution in [2.45, 2.75) is 39.5 Å². The number of benzene rings is 1. The van der Waals surface area contributed by atoms with Crippen molar-refractivity contribution in [3.8, 4) is 11.5 Å². The summed E-state index contributed by atoms with van der Waals surface area (Å²) in [4.78, 5) is 0. The molecule has 0 radical (unpaired) electrons. The molecule has 3 nitrogen and oxygen atoms in total. The number of unbranched alkanes of at least 4 members (excludes halogenated alkanes) is 2. The van der Waals surface area contributed by atoms with Crippen molar-refractivity contribution in [2.75, 3.05) is 18.9 Å². The quantitative estimate of drug-likeness (QED) is 0.554. The van der Waals surface area contributed by atoms with Crippen LogP contribution in [0, 0.1) is 0 Å². The predicted octanol–water partition coefficient (Wildman–Crippen LogP) is 3.63. The maximum absolute atomic E-state index is 5.81. The van der Waals surface area contributed by atoms with Gasteiger partial charge in [-0.3, -0.25) is 0 Å². The lowest BCUT2D eigenvalue weighted by atomic mass is 10.3. The molecule has 0 saturated carbocycles. The van der Waals surface area contributed by atoms with Gasteiger partial charge in [0.2, 0.25) is 0 Å². The SMILES string of the molecule is CCCCOc1cc(N)cc(OCCCC)c1. The molecule has 0 aliphatic carbocycles. The molecule has 0 unspecified atom stereocenters. The summed E-state index contributed by atoms with van der Waals surface area (Å²) in [6.45, 7) is 5.74.